The first-order valence-electron chi connectivity index (χ1n) is 5.81. The summed E-state index contributed by atoms with van der Waals surface area (Å²) in [7, 11) is 0. The van der Waals surface area contributed by atoms with Crippen LogP contribution in [0.15, 0.2) is 0 Å². The molecule has 1 rings (SSSR count). The maximum Gasteiger partial charge on any atom is 0.323 e. The number of carbonyl (C=O) groups is 2. The van der Waals surface area contributed by atoms with E-state index in [0.717, 1.165) is 25.7 Å². The molecule has 0 radical (unpaired) electrons. The van der Waals surface area contributed by atoms with Crippen molar-refractivity contribution in [2.75, 3.05) is 13.1 Å². The molecule has 0 aliphatic heterocycles. The topological polar surface area (TPSA) is 69.6 Å². The van der Waals surface area contributed by atoms with Gasteiger partial charge >= 0.3 is 12.0 Å². The summed E-state index contributed by atoms with van der Waals surface area (Å²) < 4.78 is 0. The molecule has 94 valence electrons. The molecule has 0 heterocycles. The number of amides is 2. The highest BCUT2D eigenvalue weighted by Crippen LogP contribution is 2.23. The number of carbonyl (C=O) groups excluding carboxylic acids is 1. The Morgan fingerprint density at radius 3 is 2.59 bits per heavy atom. The number of nitrogens with one attached hydrogen (secondary N) is 1. The number of rotatable bonds is 4. The van der Waals surface area contributed by atoms with Gasteiger partial charge in [-0.2, -0.15) is 0 Å². The van der Waals surface area contributed by atoms with Crippen molar-refractivity contribution in [3.05, 3.63) is 0 Å². The molecule has 2 amide bonds. The predicted octanol–water partition coefficient (Wildman–Crippen LogP) is 1.05. The van der Waals surface area contributed by atoms with E-state index in [2.05, 4.69) is 17.2 Å². The standard InChI is InChI=1S/C12H18N2O3/c1-2-3-8-13-12(17)14(9-11(15)16)10-6-4-5-7-10/h10H,4-9H2,1H3,(H,13,17)(H,15,16). The lowest BCUT2D eigenvalue weighted by Gasteiger charge is -2.27. The van der Waals surface area contributed by atoms with Crippen LogP contribution in [-0.2, 0) is 4.79 Å². The minimum Gasteiger partial charge on any atom is -0.480 e. The molecule has 1 fully saturated rings. The zero-order valence-electron chi connectivity index (χ0n) is 10.0. The second-order valence-corrected chi connectivity index (χ2v) is 4.05. The van der Waals surface area contributed by atoms with Crippen LogP contribution < -0.4 is 5.32 Å². The van der Waals surface area contributed by atoms with Crippen molar-refractivity contribution in [2.24, 2.45) is 0 Å². The fourth-order valence-corrected chi connectivity index (χ4v) is 2.04. The Morgan fingerprint density at radius 2 is 2.06 bits per heavy atom. The zero-order chi connectivity index (χ0) is 12.7. The number of hydrogen-bond acceptors (Lipinski definition) is 2. The van der Waals surface area contributed by atoms with Crippen LogP contribution in [0.25, 0.3) is 0 Å². The van der Waals surface area contributed by atoms with Crippen molar-refractivity contribution in [1.29, 1.82) is 0 Å². The predicted molar refractivity (Wildman–Crippen MR) is 63.4 cm³/mol. The SMILES string of the molecule is CC#CCNC(=O)N(CC(=O)O)C1CCCC1. The highest BCUT2D eigenvalue weighted by atomic mass is 16.4. The average molecular weight is 238 g/mol. The summed E-state index contributed by atoms with van der Waals surface area (Å²) in [6, 6.07) is -0.275. The maximum absolute atomic E-state index is 11.8. The van der Waals surface area contributed by atoms with E-state index in [1.54, 1.807) is 6.92 Å². The number of urea groups is 1. The lowest BCUT2D eigenvalue weighted by atomic mass is 10.2. The molecule has 5 heteroatoms. The third kappa shape index (κ3) is 4.35. The molecule has 1 saturated carbocycles. The Balaban J connectivity index is 2.56. The number of carboxylic acids is 1. The normalized spacial score (nSPS) is 14.9. The van der Waals surface area contributed by atoms with E-state index in [-0.39, 0.29) is 25.2 Å². The molecular formula is C12H18N2O3. The van der Waals surface area contributed by atoms with Crippen molar-refractivity contribution in [1.82, 2.24) is 10.2 Å². The van der Waals surface area contributed by atoms with E-state index in [1.165, 1.54) is 4.90 Å². The van der Waals surface area contributed by atoms with Gasteiger partial charge in [0.2, 0.25) is 0 Å². The van der Waals surface area contributed by atoms with Gasteiger partial charge in [0.25, 0.3) is 0 Å². The second kappa shape index (κ2) is 6.79. The van der Waals surface area contributed by atoms with Gasteiger partial charge in [0, 0.05) is 6.04 Å². The lowest BCUT2D eigenvalue weighted by molar-refractivity contribution is -0.138. The fourth-order valence-electron chi connectivity index (χ4n) is 2.04. The van der Waals surface area contributed by atoms with Gasteiger partial charge in [0.15, 0.2) is 0 Å². The highest BCUT2D eigenvalue weighted by Gasteiger charge is 2.27. The average Bonchev–Trinajstić information content (AvgIpc) is 2.79. The molecule has 2 N–H and O–H groups in total. The van der Waals surface area contributed by atoms with E-state index < -0.39 is 5.97 Å². The van der Waals surface area contributed by atoms with Crippen LogP contribution in [0.3, 0.4) is 0 Å². The van der Waals surface area contributed by atoms with Gasteiger partial charge in [0.05, 0.1) is 6.54 Å². The molecule has 1 aliphatic rings. The third-order valence-electron chi connectivity index (χ3n) is 2.84. The molecule has 0 aromatic carbocycles. The zero-order valence-corrected chi connectivity index (χ0v) is 10.0. The number of aliphatic carboxylic acids is 1. The molecular weight excluding hydrogens is 220 g/mol. The first kappa shape index (κ1) is 13.4. The van der Waals surface area contributed by atoms with Gasteiger partial charge in [0.1, 0.15) is 6.54 Å². The summed E-state index contributed by atoms with van der Waals surface area (Å²) in [6.45, 7) is 1.71. The van der Waals surface area contributed by atoms with Crippen molar-refractivity contribution in [3.8, 4) is 11.8 Å². The Hall–Kier alpha value is -1.70. The van der Waals surface area contributed by atoms with E-state index in [4.69, 9.17) is 5.11 Å². The van der Waals surface area contributed by atoms with Gasteiger partial charge in [-0.3, -0.25) is 4.79 Å². The number of hydrogen-bond donors (Lipinski definition) is 2. The second-order valence-electron chi connectivity index (χ2n) is 4.05. The van der Waals surface area contributed by atoms with Crippen LogP contribution >= 0.6 is 0 Å². The molecule has 5 nitrogen and oxygen atoms in total. The summed E-state index contributed by atoms with van der Waals surface area (Å²) >= 11 is 0. The van der Waals surface area contributed by atoms with Crippen molar-refractivity contribution >= 4 is 12.0 Å². The highest BCUT2D eigenvalue weighted by molar-refractivity contribution is 5.80. The number of carboxylic acid groups (broad SMARTS) is 1. The van der Waals surface area contributed by atoms with Crippen LogP contribution in [0.5, 0.6) is 0 Å². The van der Waals surface area contributed by atoms with Crippen LogP contribution in [0.1, 0.15) is 32.6 Å². The first-order chi connectivity index (χ1) is 8.15. The van der Waals surface area contributed by atoms with E-state index in [0.29, 0.717) is 0 Å². The minimum atomic E-state index is -0.978. The fraction of sp³-hybridized carbons (Fsp3) is 0.667. The summed E-state index contributed by atoms with van der Waals surface area (Å²) in [5, 5.41) is 11.4. The molecule has 0 spiro atoms. The summed E-state index contributed by atoms with van der Waals surface area (Å²) in [6.07, 6.45) is 3.89. The van der Waals surface area contributed by atoms with Crippen LogP contribution in [0.4, 0.5) is 4.79 Å². The maximum atomic E-state index is 11.8. The Morgan fingerprint density at radius 1 is 1.41 bits per heavy atom. The molecule has 17 heavy (non-hydrogen) atoms. The van der Waals surface area contributed by atoms with Crippen molar-refractivity contribution < 1.29 is 14.7 Å². The molecule has 1 aliphatic carbocycles. The third-order valence-corrected chi connectivity index (χ3v) is 2.84. The Labute approximate surface area is 101 Å². The Bertz CT molecular complexity index is 337. The molecule has 0 atom stereocenters. The summed E-state index contributed by atoms with van der Waals surface area (Å²) in [5.41, 5.74) is 0. The summed E-state index contributed by atoms with van der Waals surface area (Å²) in [5.74, 6) is 4.42. The lowest BCUT2D eigenvalue weighted by Crippen LogP contribution is -2.47. The Kier molecular flexibility index (Phi) is 5.34. The number of nitrogens with zero attached hydrogens (tertiary/aromatic N) is 1. The van der Waals surface area contributed by atoms with E-state index >= 15 is 0 Å². The monoisotopic (exact) mass is 238 g/mol. The molecule has 0 bridgehead atoms. The molecule has 0 unspecified atom stereocenters. The van der Waals surface area contributed by atoms with Gasteiger partial charge in [-0.15, -0.1) is 5.92 Å². The van der Waals surface area contributed by atoms with Gasteiger partial charge in [-0.05, 0) is 19.8 Å². The molecule has 0 aromatic heterocycles. The van der Waals surface area contributed by atoms with Gasteiger partial charge in [-0.25, -0.2) is 4.79 Å². The largest absolute Gasteiger partial charge is 0.480 e. The summed E-state index contributed by atoms with van der Waals surface area (Å²) in [4.78, 5) is 24.0. The van der Waals surface area contributed by atoms with E-state index in [9.17, 15) is 9.59 Å². The van der Waals surface area contributed by atoms with Crippen LogP contribution in [0, 0.1) is 11.8 Å². The van der Waals surface area contributed by atoms with Crippen molar-refractivity contribution in [2.45, 2.75) is 38.6 Å². The van der Waals surface area contributed by atoms with Gasteiger partial charge < -0.3 is 15.3 Å². The van der Waals surface area contributed by atoms with Gasteiger partial charge in [-0.1, -0.05) is 18.8 Å². The van der Waals surface area contributed by atoms with Crippen LogP contribution in [-0.4, -0.2) is 41.1 Å². The molecule has 0 aromatic rings. The quantitative estimate of drug-likeness (QED) is 0.719. The van der Waals surface area contributed by atoms with E-state index in [1.807, 2.05) is 0 Å². The van der Waals surface area contributed by atoms with Crippen LogP contribution in [0.2, 0.25) is 0 Å². The smallest absolute Gasteiger partial charge is 0.323 e. The first-order valence-corrected chi connectivity index (χ1v) is 5.81. The minimum absolute atomic E-state index is 0.0562. The molecule has 0 saturated heterocycles. The van der Waals surface area contributed by atoms with Crippen molar-refractivity contribution in [3.63, 3.8) is 0 Å².